The van der Waals surface area contributed by atoms with Crippen LogP contribution in [0.1, 0.15) is 16.9 Å². The molecule has 0 radical (unpaired) electrons. The summed E-state index contributed by atoms with van der Waals surface area (Å²) in [5.74, 6) is 0.812. The van der Waals surface area contributed by atoms with Crippen LogP contribution in [0.25, 0.3) is 0 Å². The number of rotatable bonds is 6. The van der Waals surface area contributed by atoms with Crippen LogP contribution in [0, 0.1) is 0 Å². The average Bonchev–Trinajstić information content (AvgIpc) is 2.66. The molecule has 25 heavy (non-hydrogen) atoms. The molecule has 0 saturated carbocycles. The van der Waals surface area contributed by atoms with E-state index >= 15 is 0 Å². The molecule has 2 aliphatic rings. The van der Waals surface area contributed by atoms with Crippen molar-refractivity contribution >= 4 is 11.7 Å². The number of aromatic nitrogens is 1. The Hall–Kier alpha value is -1.70. The van der Waals surface area contributed by atoms with Gasteiger partial charge in [-0.15, -0.1) is 0 Å². The monoisotopic (exact) mass is 347 g/mol. The van der Waals surface area contributed by atoms with Crippen LogP contribution in [0.2, 0.25) is 0 Å². The highest BCUT2D eigenvalue weighted by Gasteiger charge is 2.17. The van der Waals surface area contributed by atoms with Crippen LogP contribution in [0.5, 0.6) is 0 Å². The number of amides is 1. The van der Waals surface area contributed by atoms with Gasteiger partial charge in [0, 0.05) is 45.8 Å². The normalized spacial score (nSPS) is 19.8. The lowest BCUT2D eigenvalue weighted by atomic mass is 10.3. The average molecular weight is 347 g/mol. The van der Waals surface area contributed by atoms with E-state index < -0.39 is 0 Å². The molecule has 3 heterocycles. The predicted octanol–water partition coefficient (Wildman–Crippen LogP) is 0.286. The molecule has 1 amide bonds. The first-order valence-electron chi connectivity index (χ1n) is 9.21. The Morgan fingerprint density at radius 1 is 1.16 bits per heavy atom. The lowest BCUT2D eigenvalue weighted by Crippen LogP contribution is -2.45. The third-order valence-electron chi connectivity index (χ3n) is 4.83. The fourth-order valence-corrected chi connectivity index (χ4v) is 3.18. The molecule has 3 rings (SSSR count). The van der Waals surface area contributed by atoms with Gasteiger partial charge in [-0.1, -0.05) is 6.07 Å². The maximum absolute atomic E-state index is 12.3. The van der Waals surface area contributed by atoms with Crippen molar-refractivity contribution in [2.45, 2.75) is 6.42 Å². The number of piperazine rings is 1. The third kappa shape index (κ3) is 5.39. The zero-order valence-electron chi connectivity index (χ0n) is 15.1. The molecule has 7 nitrogen and oxygen atoms in total. The van der Waals surface area contributed by atoms with Crippen molar-refractivity contribution < 1.29 is 9.53 Å². The largest absolute Gasteiger partial charge is 0.379 e. The third-order valence-corrected chi connectivity index (χ3v) is 4.83. The van der Waals surface area contributed by atoms with E-state index in [-0.39, 0.29) is 5.91 Å². The minimum atomic E-state index is -0.0852. The maximum Gasteiger partial charge on any atom is 0.269 e. The molecule has 2 fully saturated rings. The topological polar surface area (TPSA) is 60.9 Å². The van der Waals surface area contributed by atoms with Gasteiger partial charge in [0.2, 0.25) is 0 Å². The first kappa shape index (κ1) is 18.1. The molecule has 0 aliphatic carbocycles. The van der Waals surface area contributed by atoms with Crippen LogP contribution in [0.3, 0.4) is 0 Å². The quantitative estimate of drug-likeness (QED) is 0.746. The first-order valence-corrected chi connectivity index (χ1v) is 9.21. The zero-order valence-corrected chi connectivity index (χ0v) is 15.1. The molecule has 0 aromatic carbocycles. The molecule has 1 N–H and O–H groups in total. The molecule has 1 aromatic rings. The number of ether oxygens (including phenoxy) is 1. The smallest absolute Gasteiger partial charge is 0.269 e. The molecular formula is C18H29N5O2. The minimum absolute atomic E-state index is 0.0852. The molecule has 0 bridgehead atoms. The number of nitrogens with one attached hydrogen (secondary N) is 1. The minimum Gasteiger partial charge on any atom is -0.379 e. The van der Waals surface area contributed by atoms with E-state index in [0.29, 0.717) is 12.2 Å². The number of carbonyl (C=O) groups is 1. The molecule has 138 valence electrons. The Morgan fingerprint density at radius 2 is 1.92 bits per heavy atom. The van der Waals surface area contributed by atoms with Crippen molar-refractivity contribution in [1.82, 2.24) is 20.1 Å². The summed E-state index contributed by atoms with van der Waals surface area (Å²) >= 11 is 0. The van der Waals surface area contributed by atoms with Crippen LogP contribution in [-0.4, -0.2) is 93.3 Å². The molecule has 0 unspecified atom stereocenters. The number of carbonyl (C=O) groups excluding carboxylic acids is 1. The van der Waals surface area contributed by atoms with E-state index in [4.69, 9.17) is 4.74 Å². The molecule has 2 saturated heterocycles. The summed E-state index contributed by atoms with van der Waals surface area (Å²) in [4.78, 5) is 23.8. The number of hydrogen-bond acceptors (Lipinski definition) is 6. The number of morpholine rings is 1. The second-order valence-electron chi connectivity index (χ2n) is 6.73. The summed E-state index contributed by atoms with van der Waals surface area (Å²) < 4.78 is 5.34. The van der Waals surface area contributed by atoms with Crippen LogP contribution in [0.15, 0.2) is 18.2 Å². The lowest BCUT2D eigenvalue weighted by molar-refractivity contribution is 0.0374. The SMILES string of the molecule is CN1CCN(c2cccc(C(=O)NCCCN3CCOCC3)n2)CC1. The highest BCUT2D eigenvalue weighted by molar-refractivity contribution is 5.92. The van der Waals surface area contributed by atoms with Gasteiger partial charge in [-0.3, -0.25) is 9.69 Å². The fourth-order valence-electron chi connectivity index (χ4n) is 3.18. The van der Waals surface area contributed by atoms with Crippen molar-refractivity contribution in [3.8, 4) is 0 Å². The van der Waals surface area contributed by atoms with Crippen molar-refractivity contribution in [1.29, 1.82) is 0 Å². The summed E-state index contributed by atoms with van der Waals surface area (Å²) in [5.41, 5.74) is 0.503. The molecule has 1 aromatic heterocycles. The summed E-state index contributed by atoms with van der Waals surface area (Å²) in [5, 5.41) is 2.99. The number of hydrogen-bond donors (Lipinski definition) is 1. The second-order valence-corrected chi connectivity index (χ2v) is 6.73. The highest BCUT2D eigenvalue weighted by atomic mass is 16.5. The number of anilines is 1. The van der Waals surface area contributed by atoms with Gasteiger partial charge in [0.25, 0.3) is 5.91 Å². The Labute approximate surface area is 149 Å². The zero-order chi connectivity index (χ0) is 17.5. The molecule has 7 heteroatoms. The van der Waals surface area contributed by atoms with Crippen LogP contribution < -0.4 is 10.2 Å². The Bertz CT molecular complexity index is 554. The van der Waals surface area contributed by atoms with Crippen molar-refractivity contribution in [3.05, 3.63) is 23.9 Å². The van der Waals surface area contributed by atoms with Gasteiger partial charge in [0.05, 0.1) is 13.2 Å². The van der Waals surface area contributed by atoms with Gasteiger partial charge in [0.15, 0.2) is 0 Å². The summed E-state index contributed by atoms with van der Waals surface area (Å²) in [7, 11) is 2.13. The van der Waals surface area contributed by atoms with Crippen molar-refractivity contribution in [2.75, 3.05) is 77.5 Å². The van der Waals surface area contributed by atoms with Gasteiger partial charge in [-0.05, 0) is 32.1 Å². The van der Waals surface area contributed by atoms with E-state index in [9.17, 15) is 4.79 Å². The lowest BCUT2D eigenvalue weighted by Gasteiger charge is -2.33. The summed E-state index contributed by atoms with van der Waals surface area (Å²) in [6, 6.07) is 5.70. The van der Waals surface area contributed by atoms with Gasteiger partial charge < -0.3 is 19.9 Å². The molecular weight excluding hydrogens is 318 g/mol. The van der Waals surface area contributed by atoms with Crippen LogP contribution in [0.4, 0.5) is 5.82 Å². The summed E-state index contributed by atoms with van der Waals surface area (Å²) in [6.07, 6.45) is 0.948. The van der Waals surface area contributed by atoms with E-state index in [1.54, 1.807) is 6.07 Å². The van der Waals surface area contributed by atoms with E-state index in [0.717, 1.165) is 71.3 Å². The summed E-state index contributed by atoms with van der Waals surface area (Å²) in [6.45, 7) is 9.24. The first-order chi connectivity index (χ1) is 12.2. The molecule has 0 spiro atoms. The van der Waals surface area contributed by atoms with Gasteiger partial charge in [0.1, 0.15) is 11.5 Å². The van der Waals surface area contributed by atoms with Crippen LogP contribution >= 0.6 is 0 Å². The van der Waals surface area contributed by atoms with Crippen molar-refractivity contribution in [2.24, 2.45) is 0 Å². The standard InChI is InChI=1S/C18H29N5O2/c1-21-8-10-23(11-9-21)17-5-2-4-16(20-17)18(24)19-6-3-7-22-12-14-25-15-13-22/h2,4-5H,3,6-15H2,1H3,(H,19,24). The van der Waals surface area contributed by atoms with Gasteiger partial charge in [-0.25, -0.2) is 4.98 Å². The Balaban J connectivity index is 1.44. The van der Waals surface area contributed by atoms with Crippen LogP contribution in [-0.2, 0) is 4.74 Å². The maximum atomic E-state index is 12.3. The van der Waals surface area contributed by atoms with E-state index in [1.807, 2.05) is 12.1 Å². The Kier molecular flexibility index (Phi) is 6.61. The van der Waals surface area contributed by atoms with E-state index in [2.05, 4.69) is 32.0 Å². The number of nitrogens with zero attached hydrogens (tertiary/aromatic N) is 4. The van der Waals surface area contributed by atoms with Gasteiger partial charge >= 0.3 is 0 Å². The molecule has 0 atom stereocenters. The molecule has 2 aliphatic heterocycles. The predicted molar refractivity (Wildman–Crippen MR) is 98.2 cm³/mol. The second kappa shape index (κ2) is 9.12. The fraction of sp³-hybridized carbons (Fsp3) is 0.667. The Morgan fingerprint density at radius 3 is 2.68 bits per heavy atom. The highest BCUT2D eigenvalue weighted by Crippen LogP contribution is 2.13. The number of pyridine rings is 1. The number of likely N-dealkylation sites (N-methyl/N-ethyl adjacent to an activating group) is 1. The van der Waals surface area contributed by atoms with Gasteiger partial charge in [-0.2, -0.15) is 0 Å². The van der Waals surface area contributed by atoms with E-state index in [1.165, 1.54) is 0 Å². The van der Waals surface area contributed by atoms with Crippen molar-refractivity contribution in [3.63, 3.8) is 0 Å².